The second-order valence-electron chi connectivity index (χ2n) is 6.51. The first-order chi connectivity index (χ1) is 10.2. The third-order valence-corrected chi connectivity index (χ3v) is 5.29. The van der Waals surface area contributed by atoms with E-state index in [1.54, 1.807) is 0 Å². The van der Waals surface area contributed by atoms with Gasteiger partial charge in [-0.25, -0.2) is 0 Å². The molecule has 0 spiro atoms. The average molecular weight is 279 g/mol. The van der Waals surface area contributed by atoms with Crippen LogP contribution in [0, 0.1) is 0 Å². The molecule has 21 heavy (non-hydrogen) atoms. The van der Waals surface area contributed by atoms with Gasteiger partial charge in [0, 0.05) is 12.5 Å². The SMILES string of the molecule is NC1CC(O)(c2ccc(C3CCC3)cc2)c2ccccc21. The van der Waals surface area contributed by atoms with Crippen LogP contribution in [0.15, 0.2) is 48.5 Å². The lowest BCUT2D eigenvalue weighted by atomic mass is 9.79. The monoisotopic (exact) mass is 279 g/mol. The van der Waals surface area contributed by atoms with Gasteiger partial charge in [0.15, 0.2) is 0 Å². The van der Waals surface area contributed by atoms with Crippen LogP contribution in [0.4, 0.5) is 0 Å². The van der Waals surface area contributed by atoms with Gasteiger partial charge in [-0.15, -0.1) is 0 Å². The van der Waals surface area contributed by atoms with Crippen molar-refractivity contribution in [1.82, 2.24) is 0 Å². The fourth-order valence-corrected chi connectivity index (χ4v) is 3.78. The molecule has 2 atom stereocenters. The van der Waals surface area contributed by atoms with Crippen molar-refractivity contribution in [2.45, 2.75) is 43.2 Å². The highest BCUT2D eigenvalue weighted by molar-refractivity contribution is 5.47. The first kappa shape index (κ1) is 13.1. The van der Waals surface area contributed by atoms with E-state index in [-0.39, 0.29) is 6.04 Å². The molecule has 2 aliphatic rings. The standard InChI is InChI=1S/C19H21NO/c20-18-12-19(21,17-7-2-1-6-16(17)18)15-10-8-14(9-11-15)13-4-3-5-13/h1-2,6-11,13,18,21H,3-5,12,20H2. The van der Waals surface area contributed by atoms with Crippen molar-refractivity contribution < 1.29 is 5.11 Å². The highest BCUT2D eigenvalue weighted by Crippen LogP contribution is 2.46. The molecule has 0 amide bonds. The maximum Gasteiger partial charge on any atom is 0.117 e. The van der Waals surface area contributed by atoms with E-state index in [4.69, 9.17) is 5.73 Å². The van der Waals surface area contributed by atoms with E-state index >= 15 is 0 Å². The number of aliphatic hydroxyl groups is 1. The van der Waals surface area contributed by atoms with E-state index in [0.717, 1.165) is 22.6 Å². The van der Waals surface area contributed by atoms with Gasteiger partial charge >= 0.3 is 0 Å². The molecule has 1 fully saturated rings. The summed E-state index contributed by atoms with van der Waals surface area (Å²) in [7, 11) is 0. The van der Waals surface area contributed by atoms with Crippen molar-refractivity contribution in [2.75, 3.05) is 0 Å². The molecule has 0 aromatic heterocycles. The molecule has 2 aromatic rings. The topological polar surface area (TPSA) is 46.2 Å². The van der Waals surface area contributed by atoms with Crippen molar-refractivity contribution >= 4 is 0 Å². The molecule has 2 nitrogen and oxygen atoms in total. The number of benzene rings is 2. The number of rotatable bonds is 2. The normalized spacial score (nSPS) is 28.2. The third kappa shape index (κ3) is 1.94. The Bertz CT molecular complexity index is 660. The van der Waals surface area contributed by atoms with Gasteiger partial charge in [-0.3, -0.25) is 0 Å². The lowest BCUT2D eigenvalue weighted by Gasteiger charge is -2.28. The predicted molar refractivity (Wildman–Crippen MR) is 84.0 cm³/mol. The minimum Gasteiger partial charge on any atom is -0.380 e. The van der Waals surface area contributed by atoms with E-state index < -0.39 is 5.60 Å². The van der Waals surface area contributed by atoms with E-state index in [0.29, 0.717) is 6.42 Å². The molecule has 0 saturated heterocycles. The van der Waals surface area contributed by atoms with Crippen LogP contribution in [-0.4, -0.2) is 5.11 Å². The Hall–Kier alpha value is -1.64. The maximum atomic E-state index is 11.2. The molecule has 0 radical (unpaired) electrons. The number of hydrogen-bond acceptors (Lipinski definition) is 2. The molecule has 1 saturated carbocycles. The molecule has 2 unspecified atom stereocenters. The third-order valence-electron chi connectivity index (χ3n) is 5.29. The Kier molecular flexibility index (Phi) is 2.91. The summed E-state index contributed by atoms with van der Waals surface area (Å²) in [6.07, 6.45) is 4.52. The minimum atomic E-state index is -0.936. The summed E-state index contributed by atoms with van der Waals surface area (Å²) in [5.41, 5.74) is 9.68. The van der Waals surface area contributed by atoms with Crippen LogP contribution in [0.3, 0.4) is 0 Å². The van der Waals surface area contributed by atoms with Crippen LogP contribution in [0.1, 0.15) is 59.9 Å². The number of fused-ring (bicyclic) bond motifs is 1. The molecule has 2 heteroatoms. The molecule has 2 aromatic carbocycles. The second-order valence-corrected chi connectivity index (χ2v) is 6.51. The van der Waals surface area contributed by atoms with Crippen LogP contribution < -0.4 is 5.73 Å². The van der Waals surface area contributed by atoms with Crippen LogP contribution in [0.25, 0.3) is 0 Å². The predicted octanol–water partition coefficient (Wildman–Crippen LogP) is 3.59. The maximum absolute atomic E-state index is 11.2. The molecule has 2 aliphatic carbocycles. The largest absolute Gasteiger partial charge is 0.380 e. The highest BCUT2D eigenvalue weighted by Gasteiger charge is 2.42. The van der Waals surface area contributed by atoms with Crippen molar-refractivity contribution in [3.63, 3.8) is 0 Å². The molecule has 0 bridgehead atoms. The first-order valence-electron chi connectivity index (χ1n) is 7.86. The van der Waals surface area contributed by atoms with Crippen molar-refractivity contribution in [2.24, 2.45) is 5.73 Å². The smallest absolute Gasteiger partial charge is 0.117 e. The van der Waals surface area contributed by atoms with Crippen molar-refractivity contribution in [3.8, 4) is 0 Å². The van der Waals surface area contributed by atoms with E-state index in [1.807, 2.05) is 24.3 Å². The second kappa shape index (κ2) is 4.69. The summed E-state index contributed by atoms with van der Waals surface area (Å²) < 4.78 is 0. The molecule has 3 N–H and O–H groups in total. The zero-order valence-electron chi connectivity index (χ0n) is 12.1. The Morgan fingerprint density at radius 2 is 1.71 bits per heavy atom. The zero-order valence-corrected chi connectivity index (χ0v) is 12.1. The van der Waals surface area contributed by atoms with Crippen molar-refractivity contribution in [3.05, 3.63) is 70.8 Å². The van der Waals surface area contributed by atoms with Crippen molar-refractivity contribution in [1.29, 1.82) is 0 Å². The van der Waals surface area contributed by atoms with Crippen LogP contribution in [0.5, 0.6) is 0 Å². The molecular weight excluding hydrogens is 258 g/mol. The van der Waals surface area contributed by atoms with Gasteiger partial charge in [0.2, 0.25) is 0 Å². The van der Waals surface area contributed by atoms with Gasteiger partial charge in [-0.2, -0.15) is 0 Å². The summed E-state index contributed by atoms with van der Waals surface area (Å²) in [5.74, 6) is 0.729. The van der Waals surface area contributed by atoms with Gasteiger partial charge in [-0.1, -0.05) is 55.0 Å². The zero-order chi connectivity index (χ0) is 14.4. The molecular formula is C19H21NO. The molecule has 4 rings (SSSR count). The van der Waals surface area contributed by atoms with E-state index in [9.17, 15) is 5.11 Å². The fourth-order valence-electron chi connectivity index (χ4n) is 3.78. The lowest BCUT2D eigenvalue weighted by Crippen LogP contribution is -2.25. The fraction of sp³-hybridized carbons (Fsp3) is 0.368. The summed E-state index contributed by atoms with van der Waals surface area (Å²) in [6, 6.07) is 16.5. The van der Waals surface area contributed by atoms with E-state index in [2.05, 4.69) is 24.3 Å². The van der Waals surface area contributed by atoms with Crippen LogP contribution >= 0.6 is 0 Å². The van der Waals surface area contributed by atoms with Crippen LogP contribution in [-0.2, 0) is 5.60 Å². The number of nitrogens with two attached hydrogens (primary N) is 1. The Labute approximate surface area is 125 Å². The Morgan fingerprint density at radius 3 is 2.38 bits per heavy atom. The van der Waals surface area contributed by atoms with Gasteiger partial charge in [0.1, 0.15) is 5.60 Å². The van der Waals surface area contributed by atoms with Gasteiger partial charge in [0.05, 0.1) is 0 Å². The minimum absolute atomic E-state index is 0.0856. The quantitative estimate of drug-likeness (QED) is 0.882. The average Bonchev–Trinajstić information content (AvgIpc) is 2.71. The van der Waals surface area contributed by atoms with Crippen LogP contribution in [0.2, 0.25) is 0 Å². The summed E-state index contributed by atoms with van der Waals surface area (Å²) in [5, 5.41) is 11.2. The first-order valence-corrected chi connectivity index (χ1v) is 7.86. The van der Waals surface area contributed by atoms with E-state index in [1.165, 1.54) is 24.8 Å². The summed E-state index contributed by atoms with van der Waals surface area (Å²) >= 11 is 0. The van der Waals surface area contributed by atoms with Gasteiger partial charge < -0.3 is 10.8 Å². The molecule has 0 heterocycles. The Balaban J connectivity index is 1.72. The van der Waals surface area contributed by atoms with Gasteiger partial charge in [-0.05, 0) is 41.0 Å². The lowest BCUT2D eigenvalue weighted by molar-refractivity contribution is 0.0776. The molecule has 108 valence electrons. The highest BCUT2D eigenvalue weighted by atomic mass is 16.3. The molecule has 0 aliphatic heterocycles. The Morgan fingerprint density at radius 1 is 1.00 bits per heavy atom. The summed E-state index contributed by atoms with van der Waals surface area (Å²) in [4.78, 5) is 0. The van der Waals surface area contributed by atoms with Gasteiger partial charge in [0.25, 0.3) is 0 Å². The summed E-state index contributed by atoms with van der Waals surface area (Å²) in [6.45, 7) is 0. The number of hydrogen-bond donors (Lipinski definition) is 2.